The molecule has 0 aromatic heterocycles. The third-order valence-electron chi connectivity index (χ3n) is 4.77. The minimum absolute atomic E-state index is 0.0957. The monoisotopic (exact) mass is 312 g/mol. The Morgan fingerprint density at radius 2 is 1.87 bits per heavy atom. The van der Waals surface area contributed by atoms with Crippen LogP contribution in [0.1, 0.15) is 41.5 Å². The lowest BCUT2D eigenvalue weighted by molar-refractivity contribution is -0.145. The zero-order valence-corrected chi connectivity index (χ0v) is 13.5. The Morgan fingerprint density at radius 1 is 1.17 bits per heavy atom. The Balaban J connectivity index is 2.06. The molecule has 0 spiro atoms. The number of carbonyl (C=O) groups excluding carboxylic acids is 1. The average molecular weight is 312 g/mol. The average Bonchev–Trinajstić information content (AvgIpc) is 2.71. The van der Waals surface area contributed by atoms with Crippen LogP contribution in [0.25, 0.3) is 0 Å². The van der Waals surface area contributed by atoms with Gasteiger partial charge in [-0.05, 0) is 53.6 Å². The summed E-state index contributed by atoms with van der Waals surface area (Å²) in [6.45, 7) is 1.89. The van der Waals surface area contributed by atoms with Gasteiger partial charge in [0, 0.05) is 5.92 Å². The van der Waals surface area contributed by atoms with Crippen LogP contribution in [0.5, 0.6) is 0 Å². The SMILES string of the molecule is COC(=O)C(C)CC1c2ccccc2CCc2cc(F)ccc21. The number of halogens is 1. The van der Waals surface area contributed by atoms with Gasteiger partial charge in [-0.3, -0.25) is 4.79 Å². The second-order valence-electron chi connectivity index (χ2n) is 6.25. The lowest BCUT2D eigenvalue weighted by Crippen LogP contribution is -2.17. The third-order valence-corrected chi connectivity index (χ3v) is 4.77. The first-order valence-electron chi connectivity index (χ1n) is 8.04. The predicted octanol–water partition coefficient (Wildman–Crippen LogP) is 4.26. The van der Waals surface area contributed by atoms with E-state index in [-0.39, 0.29) is 23.6 Å². The van der Waals surface area contributed by atoms with Gasteiger partial charge in [0.1, 0.15) is 5.82 Å². The molecule has 0 heterocycles. The highest BCUT2D eigenvalue weighted by molar-refractivity contribution is 5.72. The molecule has 2 atom stereocenters. The molecular formula is C20H21FO2. The molecule has 0 amide bonds. The number of aryl methyl sites for hydroxylation is 2. The van der Waals surface area contributed by atoms with Gasteiger partial charge >= 0.3 is 5.97 Å². The first kappa shape index (κ1) is 15.7. The molecule has 0 N–H and O–H groups in total. The predicted molar refractivity (Wildman–Crippen MR) is 87.9 cm³/mol. The van der Waals surface area contributed by atoms with Crippen LogP contribution in [-0.4, -0.2) is 13.1 Å². The van der Waals surface area contributed by atoms with Gasteiger partial charge in [0.15, 0.2) is 0 Å². The summed E-state index contributed by atoms with van der Waals surface area (Å²) in [4.78, 5) is 11.9. The molecule has 0 saturated heterocycles. The summed E-state index contributed by atoms with van der Waals surface area (Å²) in [6, 6.07) is 13.4. The molecule has 0 aliphatic heterocycles. The van der Waals surface area contributed by atoms with Gasteiger partial charge in [-0.15, -0.1) is 0 Å². The van der Waals surface area contributed by atoms with Gasteiger partial charge in [0.25, 0.3) is 0 Å². The van der Waals surface area contributed by atoms with Crippen molar-refractivity contribution >= 4 is 5.97 Å². The Morgan fingerprint density at radius 3 is 2.65 bits per heavy atom. The summed E-state index contributed by atoms with van der Waals surface area (Å²) in [5, 5.41) is 0. The van der Waals surface area contributed by atoms with Gasteiger partial charge in [0.2, 0.25) is 0 Å². The number of hydrogen-bond donors (Lipinski definition) is 0. The molecule has 1 aliphatic carbocycles. The molecule has 2 unspecified atom stereocenters. The van der Waals surface area contributed by atoms with Gasteiger partial charge in [0.05, 0.1) is 13.0 Å². The summed E-state index contributed by atoms with van der Waals surface area (Å²) in [7, 11) is 1.42. The van der Waals surface area contributed by atoms with Crippen LogP contribution < -0.4 is 0 Å². The van der Waals surface area contributed by atoms with Gasteiger partial charge in [-0.1, -0.05) is 37.3 Å². The fraction of sp³-hybridized carbons (Fsp3) is 0.350. The molecule has 0 radical (unpaired) electrons. The highest BCUT2D eigenvalue weighted by Crippen LogP contribution is 2.38. The van der Waals surface area contributed by atoms with E-state index in [0.717, 1.165) is 24.0 Å². The van der Waals surface area contributed by atoms with Crippen molar-refractivity contribution in [2.45, 2.75) is 32.1 Å². The molecule has 120 valence electrons. The topological polar surface area (TPSA) is 26.3 Å². The summed E-state index contributed by atoms with van der Waals surface area (Å²) in [6.07, 6.45) is 2.39. The number of hydrogen-bond acceptors (Lipinski definition) is 2. The van der Waals surface area contributed by atoms with E-state index < -0.39 is 0 Å². The summed E-state index contributed by atoms with van der Waals surface area (Å²) >= 11 is 0. The quantitative estimate of drug-likeness (QED) is 0.792. The van der Waals surface area contributed by atoms with Crippen LogP contribution >= 0.6 is 0 Å². The maximum atomic E-state index is 13.7. The zero-order chi connectivity index (χ0) is 16.4. The van der Waals surface area contributed by atoms with Crippen molar-refractivity contribution < 1.29 is 13.9 Å². The molecule has 0 bridgehead atoms. The fourth-order valence-corrected chi connectivity index (χ4v) is 3.57. The number of methoxy groups -OCH3 is 1. The Hall–Kier alpha value is -2.16. The first-order valence-corrected chi connectivity index (χ1v) is 8.04. The fourth-order valence-electron chi connectivity index (χ4n) is 3.57. The van der Waals surface area contributed by atoms with Crippen molar-refractivity contribution in [3.05, 3.63) is 70.5 Å². The Kier molecular flexibility index (Phi) is 4.46. The molecule has 2 aromatic carbocycles. The summed E-state index contributed by atoms with van der Waals surface area (Å²) in [5.41, 5.74) is 4.70. The van der Waals surface area contributed by atoms with Gasteiger partial charge in [-0.25, -0.2) is 4.39 Å². The lowest BCUT2D eigenvalue weighted by Gasteiger charge is -2.23. The van der Waals surface area contributed by atoms with Crippen molar-refractivity contribution in [1.29, 1.82) is 0 Å². The Bertz CT molecular complexity index is 723. The summed E-state index contributed by atoms with van der Waals surface area (Å²) < 4.78 is 18.5. The standard InChI is InChI=1S/C20H21FO2/c1-13(20(22)23-2)11-19-17-6-4-3-5-14(17)7-8-15-12-16(21)9-10-18(15)19/h3-6,9-10,12-13,19H,7-8,11H2,1-2H3. The van der Waals surface area contributed by atoms with Gasteiger partial charge in [-0.2, -0.15) is 0 Å². The number of fused-ring (bicyclic) bond motifs is 2. The normalized spacial score (nSPS) is 17.6. The molecule has 23 heavy (non-hydrogen) atoms. The first-order chi connectivity index (χ1) is 11.1. The van der Waals surface area contributed by atoms with E-state index in [1.165, 1.54) is 24.3 Å². The molecule has 0 fully saturated rings. The van der Waals surface area contributed by atoms with Crippen molar-refractivity contribution in [3.8, 4) is 0 Å². The minimum atomic E-state index is -0.200. The molecule has 3 rings (SSSR count). The van der Waals surface area contributed by atoms with Gasteiger partial charge < -0.3 is 4.74 Å². The van der Waals surface area contributed by atoms with Crippen LogP contribution in [0.2, 0.25) is 0 Å². The maximum absolute atomic E-state index is 13.7. The van der Waals surface area contributed by atoms with E-state index in [2.05, 4.69) is 12.1 Å². The Labute approximate surface area is 136 Å². The number of carbonyl (C=O) groups is 1. The van der Waals surface area contributed by atoms with Crippen LogP contribution in [-0.2, 0) is 22.4 Å². The number of benzene rings is 2. The van der Waals surface area contributed by atoms with E-state index in [1.807, 2.05) is 25.1 Å². The van der Waals surface area contributed by atoms with Crippen LogP contribution in [0.3, 0.4) is 0 Å². The van der Waals surface area contributed by atoms with Crippen molar-refractivity contribution in [2.75, 3.05) is 7.11 Å². The highest BCUT2D eigenvalue weighted by Gasteiger charge is 2.27. The largest absolute Gasteiger partial charge is 0.469 e. The number of esters is 1. The molecular weight excluding hydrogens is 291 g/mol. The van der Waals surface area contributed by atoms with Crippen LogP contribution in [0.4, 0.5) is 4.39 Å². The smallest absolute Gasteiger partial charge is 0.308 e. The second kappa shape index (κ2) is 6.53. The van der Waals surface area contributed by atoms with E-state index in [1.54, 1.807) is 6.07 Å². The number of ether oxygens (including phenoxy) is 1. The zero-order valence-electron chi connectivity index (χ0n) is 13.5. The number of rotatable bonds is 3. The van der Waals surface area contributed by atoms with Crippen molar-refractivity contribution in [3.63, 3.8) is 0 Å². The van der Waals surface area contributed by atoms with E-state index in [9.17, 15) is 9.18 Å². The molecule has 2 aromatic rings. The van der Waals surface area contributed by atoms with Crippen LogP contribution in [0, 0.1) is 11.7 Å². The van der Waals surface area contributed by atoms with Crippen molar-refractivity contribution in [1.82, 2.24) is 0 Å². The molecule has 3 heteroatoms. The van der Waals surface area contributed by atoms with E-state index in [4.69, 9.17) is 4.74 Å². The summed E-state index contributed by atoms with van der Waals surface area (Å²) in [5.74, 6) is -0.502. The maximum Gasteiger partial charge on any atom is 0.308 e. The van der Waals surface area contributed by atoms with Crippen LogP contribution in [0.15, 0.2) is 42.5 Å². The van der Waals surface area contributed by atoms with E-state index in [0.29, 0.717) is 6.42 Å². The molecule has 1 aliphatic rings. The minimum Gasteiger partial charge on any atom is -0.469 e. The third kappa shape index (κ3) is 3.14. The molecule has 2 nitrogen and oxygen atoms in total. The molecule has 0 saturated carbocycles. The lowest BCUT2D eigenvalue weighted by atomic mass is 9.82. The van der Waals surface area contributed by atoms with E-state index >= 15 is 0 Å². The second-order valence-corrected chi connectivity index (χ2v) is 6.25. The highest BCUT2D eigenvalue weighted by atomic mass is 19.1. The van der Waals surface area contributed by atoms with Crippen molar-refractivity contribution in [2.24, 2.45) is 5.92 Å².